The molecule has 2 aromatic heterocycles. The van der Waals surface area contributed by atoms with Gasteiger partial charge in [0.05, 0.1) is 12.4 Å². The van der Waals surface area contributed by atoms with Gasteiger partial charge in [0.2, 0.25) is 5.88 Å². The molecule has 0 amide bonds. The van der Waals surface area contributed by atoms with E-state index in [4.69, 9.17) is 15.9 Å². The van der Waals surface area contributed by atoms with Gasteiger partial charge in [0, 0.05) is 4.88 Å². The highest BCUT2D eigenvalue weighted by Gasteiger charge is 2.01. The van der Waals surface area contributed by atoms with Crippen molar-refractivity contribution in [3.8, 4) is 5.88 Å². The van der Waals surface area contributed by atoms with Crippen LogP contribution in [0.25, 0.3) is 0 Å². The van der Waals surface area contributed by atoms with Gasteiger partial charge in [-0.1, -0.05) is 6.07 Å². The van der Waals surface area contributed by atoms with Crippen LogP contribution < -0.4 is 10.5 Å². The molecule has 16 heavy (non-hydrogen) atoms. The van der Waals surface area contributed by atoms with Gasteiger partial charge in [-0.25, -0.2) is 9.97 Å². The summed E-state index contributed by atoms with van der Waals surface area (Å²) in [6, 6.07) is 3.95. The molecule has 0 saturated carbocycles. The van der Waals surface area contributed by atoms with E-state index in [2.05, 4.69) is 9.97 Å². The number of thiophene rings is 1. The SMILES string of the molecule is N=C(N)c1cnc(OCc2cccs2)cn1. The zero-order chi connectivity index (χ0) is 11.4. The fourth-order valence-corrected chi connectivity index (χ4v) is 1.69. The Kier molecular flexibility index (Phi) is 3.11. The van der Waals surface area contributed by atoms with Gasteiger partial charge in [-0.3, -0.25) is 5.41 Å². The average molecular weight is 234 g/mol. The molecule has 0 fully saturated rings. The van der Waals surface area contributed by atoms with Gasteiger partial charge < -0.3 is 10.5 Å². The Hall–Kier alpha value is -1.95. The van der Waals surface area contributed by atoms with E-state index >= 15 is 0 Å². The normalized spacial score (nSPS) is 10.0. The predicted molar refractivity (Wildman–Crippen MR) is 61.7 cm³/mol. The van der Waals surface area contributed by atoms with Crippen LogP contribution in [0.15, 0.2) is 29.9 Å². The number of hydrogen-bond donors (Lipinski definition) is 2. The molecule has 0 aliphatic heterocycles. The third-order valence-electron chi connectivity index (χ3n) is 1.85. The number of amidine groups is 1. The lowest BCUT2D eigenvalue weighted by Crippen LogP contribution is -2.13. The van der Waals surface area contributed by atoms with E-state index in [9.17, 15) is 0 Å². The van der Waals surface area contributed by atoms with Gasteiger partial charge in [-0.05, 0) is 11.4 Å². The van der Waals surface area contributed by atoms with E-state index in [-0.39, 0.29) is 5.84 Å². The summed E-state index contributed by atoms with van der Waals surface area (Å²) in [4.78, 5) is 9.07. The third kappa shape index (κ3) is 2.54. The standard InChI is InChI=1S/C10H10N4OS/c11-10(12)8-4-14-9(5-13-8)15-6-7-2-1-3-16-7/h1-5H,6H2,(H3,11,12). The lowest BCUT2D eigenvalue weighted by Gasteiger charge is -2.03. The van der Waals surface area contributed by atoms with E-state index in [1.54, 1.807) is 11.3 Å². The Morgan fingerprint density at radius 1 is 1.44 bits per heavy atom. The van der Waals surface area contributed by atoms with Crippen molar-refractivity contribution < 1.29 is 4.74 Å². The molecule has 2 aromatic rings. The molecule has 3 N–H and O–H groups in total. The Morgan fingerprint density at radius 2 is 2.31 bits per heavy atom. The minimum atomic E-state index is -0.0997. The van der Waals surface area contributed by atoms with Crippen LogP contribution in [0.3, 0.4) is 0 Å². The van der Waals surface area contributed by atoms with Crippen molar-refractivity contribution in [3.63, 3.8) is 0 Å². The van der Waals surface area contributed by atoms with Crippen LogP contribution in [0.4, 0.5) is 0 Å². The van der Waals surface area contributed by atoms with Crippen molar-refractivity contribution >= 4 is 17.2 Å². The summed E-state index contributed by atoms with van der Waals surface area (Å²) in [5.41, 5.74) is 5.61. The van der Waals surface area contributed by atoms with Crippen LogP contribution in [0.2, 0.25) is 0 Å². The second kappa shape index (κ2) is 4.71. The number of ether oxygens (including phenoxy) is 1. The maximum atomic E-state index is 7.16. The van der Waals surface area contributed by atoms with Gasteiger partial charge in [0.1, 0.15) is 18.1 Å². The Morgan fingerprint density at radius 3 is 2.88 bits per heavy atom. The summed E-state index contributed by atoms with van der Waals surface area (Å²) in [7, 11) is 0. The summed E-state index contributed by atoms with van der Waals surface area (Å²) in [5.74, 6) is 0.329. The van der Waals surface area contributed by atoms with Crippen LogP contribution in [0.1, 0.15) is 10.6 Å². The first-order chi connectivity index (χ1) is 7.75. The molecule has 5 nitrogen and oxygen atoms in total. The van der Waals surface area contributed by atoms with Crippen LogP contribution in [0.5, 0.6) is 5.88 Å². The molecule has 0 unspecified atom stereocenters. The molecule has 6 heteroatoms. The van der Waals surface area contributed by atoms with Crippen molar-refractivity contribution in [2.45, 2.75) is 6.61 Å². The molecule has 2 heterocycles. The van der Waals surface area contributed by atoms with Crippen LogP contribution >= 0.6 is 11.3 Å². The molecule has 0 atom stereocenters. The number of nitrogen functional groups attached to an aromatic ring is 1. The molecule has 82 valence electrons. The number of hydrogen-bond acceptors (Lipinski definition) is 5. The van der Waals surface area contributed by atoms with E-state index < -0.39 is 0 Å². The second-order valence-corrected chi connectivity index (χ2v) is 4.05. The maximum Gasteiger partial charge on any atom is 0.232 e. The van der Waals surface area contributed by atoms with Crippen LogP contribution in [0, 0.1) is 5.41 Å². The molecule has 2 rings (SSSR count). The van der Waals surface area contributed by atoms with E-state index in [0.29, 0.717) is 18.2 Å². The van der Waals surface area contributed by atoms with Gasteiger partial charge in [0.25, 0.3) is 0 Å². The van der Waals surface area contributed by atoms with Crippen molar-refractivity contribution in [2.75, 3.05) is 0 Å². The van der Waals surface area contributed by atoms with E-state index in [1.807, 2.05) is 17.5 Å². The second-order valence-electron chi connectivity index (χ2n) is 3.02. The molecule has 0 spiro atoms. The monoisotopic (exact) mass is 234 g/mol. The Labute approximate surface area is 96.4 Å². The highest BCUT2D eigenvalue weighted by atomic mass is 32.1. The van der Waals surface area contributed by atoms with Gasteiger partial charge in [-0.15, -0.1) is 11.3 Å². The largest absolute Gasteiger partial charge is 0.471 e. The van der Waals surface area contributed by atoms with E-state index in [1.165, 1.54) is 12.4 Å². The summed E-state index contributed by atoms with van der Waals surface area (Å²) >= 11 is 1.62. The molecular weight excluding hydrogens is 224 g/mol. The van der Waals surface area contributed by atoms with Crippen molar-refractivity contribution in [1.29, 1.82) is 5.41 Å². The summed E-state index contributed by atoms with van der Waals surface area (Å²) in [5, 5.41) is 9.15. The van der Waals surface area contributed by atoms with Crippen molar-refractivity contribution in [2.24, 2.45) is 5.73 Å². The third-order valence-corrected chi connectivity index (χ3v) is 2.70. The first-order valence-electron chi connectivity index (χ1n) is 4.57. The number of aromatic nitrogens is 2. The smallest absolute Gasteiger partial charge is 0.232 e. The molecule has 0 aliphatic carbocycles. The molecule has 0 radical (unpaired) electrons. The predicted octanol–water partition coefficient (Wildman–Crippen LogP) is 1.40. The lowest BCUT2D eigenvalue weighted by molar-refractivity contribution is 0.296. The van der Waals surface area contributed by atoms with Gasteiger partial charge in [0.15, 0.2) is 0 Å². The zero-order valence-electron chi connectivity index (χ0n) is 8.38. The van der Waals surface area contributed by atoms with Crippen LogP contribution in [-0.2, 0) is 6.61 Å². The lowest BCUT2D eigenvalue weighted by atomic mass is 10.4. The highest BCUT2D eigenvalue weighted by molar-refractivity contribution is 7.09. The van der Waals surface area contributed by atoms with Crippen molar-refractivity contribution in [3.05, 3.63) is 40.5 Å². The first kappa shape index (κ1) is 10.6. The summed E-state index contributed by atoms with van der Waals surface area (Å²) in [6.07, 6.45) is 2.89. The van der Waals surface area contributed by atoms with Crippen molar-refractivity contribution in [1.82, 2.24) is 9.97 Å². The zero-order valence-corrected chi connectivity index (χ0v) is 9.20. The summed E-state index contributed by atoms with van der Waals surface area (Å²) < 4.78 is 5.41. The quantitative estimate of drug-likeness (QED) is 0.618. The molecule has 0 aliphatic rings. The molecular formula is C10H10N4OS. The summed E-state index contributed by atoms with van der Waals surface area (Å²) in [6.45, 7) is 0.478. The maximum absolute atomic E-state index is 7.16. The minimum Gasteiger partial charge on any atom is -0.471 e. The highest BCUT2D eigenvalue weighted by Crippen LogP contribution is 2.12. The number of rotatable bonds is 4. The number of nitrogens with zero attached hydrogens (tertiary/aromatic N) is 2. The Balaban J connectivity index is 1.98. The Bertz CT molecular complexity index is 466. The number of nitrogens with two attached hydrogens (primary N) is 1. The van der Waals surface area contributed by atoms with Gasteiger partial charge >= 0.3 is 0 Å². The van der Waals surface area contributed by atoms with Gasteiger partial charge in [-0.2, -0.15) is 0 Å². The molecule has 0 saturated heterocycles. The fraction of sp³-hybridized carbons (Fsp3) is 0.100. The molecule has 0 bridgehead atoms. The van der Waals surface area contributed by atoms with Crippen LogP contribution in [-0.4, -0.2) is 15.8 Å². The first-order valence-corrected chi connectivity index (χ1v) is 5.45. The fourth-order valence-electron chi connectivity index (χ4n) is 1.07. The topological polar surface area (TPSA) is 84.9 Å². The van der Waals surface area contributed by atoms with E-state index in [0.717, 1.165) is 4.88 Å². The average Bonchev–Trinajstić information content (AvgIpc) is 2.80. The molecule has 0 aromatic carbocycles. The number of nitrogens with one attached hydrogen (secondary N) is 1. The minimum absolute atomic E-state index is 0.0997.